The first kappa shape index (κ1) is 15.1. The number of carbonyl (C=O) groups is 1. The summed E-state index contributed by atoms with van der Waals surface area (Å²) in [5.41, 5.74) is 0.953. The highest BCUT2D eigenvalue weighted by Crippen LogP contribution is 2.17. The maximum atomic E-state index is 11.5. The molecule has 1 aromatic rings. The minimum atomic E-state index is -0.361. The van der Waals surface area contributed by atoms with E-state index in [0.29, 0.717) is 13.2 Å². The highest BCUT2D eigenvalue weighted by Gasteiger charge is 2.13. The van der Waals surface area contributed by atoms with Gasteiger partial charge in [0.15, 0.2) is 0 Å². The normalized spacial score (nSPS) is 11.4. The highest BCUT2D eigenvalue weighted by atomic mass is 16.5. The lowest BCUT2D eigenvalue weighted by Crippen LogP contribution is -2.35. The third kappa shape index (κ3) is 5.02. The minimum absolute atomic E-state index is 0.227. The monoisotopic (exact) mass is 261 g/mol. The fourth-order valence-electron chi connectivity index (χ4n) is 1.52. The average molecular weight is 261 g/mol. The van der Waals surface area contributed by atoms with Crippen molar-refractivity contribution in [3.05, 3.63) is 29.8 Å². The van der Waals surface area contributed by atoms with Crippen molar-refractivity contribution in [1.29, 1.82) is 0 Å². The molecule has 0 bridgehead atoms. The molecule has 0 aliphatic rings. The third-order valence-corrected chi connectivity index (χ3v) is 2.52. The minimum Gasteiger partial charge on any atom is -0.481 e. The summed E-state index contributed by atoms with van der Waals surface area (Å²) in [5, 5.41) is 3.09. The van der Waals surface area contributed by atoms with Gasteiger partial charge in [0.1, 0.15) is 18.4 Å². The first-order valence-corrected chi connectivity index (χ1v) is 6.23. The Morgan fingerprint density at radius 3 is 2.89 bits per heavy atom. The van der Waals surface area contributed by atoms with Gasteiger partial charge in [-0.25, -0.2) is 0 Å². The highest BCUT2D eigenvalue weighted by molar-refractivity contribution is 5.75. The quantitative estimate of drug-likeness (QED) is 0.600. The molecule has 0 heterocycles. The Hall–Kier alpha value is -1.99. The second-order valence-electron chi connectivity index (χ2n) is 3.96. The maximum absolute atomic E-state index is 11.5. The molecule has 1 rings (SSSR count). The topological polar surface area (TPSA) is 47.6 Å². The van der Waals surface area contributed by atoms with Crippen LogP contribution in [0.4, 0.5) is 0 Å². The van der Waals surface area contributed by atoms with Gasteiger partial charge in [0, 0.05) is 12.1 Å². The Bertz CT molecular complexity index is 451. The molecule has 0 saturated heterocycles. The molecule has 0 aliphatic heterocycles. The van der Waals surface area contributed by atoms with Gasteiger partial charge in [-0.3, -0.25) is 4.79 Å². The number of hydrogen-bond acceptors (Lipinski definition) is 4. The second kappa shape index (κ2) is 8.17. The van der Waals surface area contributed by atoms with Gasteiger partial charge >= 0.3 is 5.97 Å². The fraction of sp³-hybridized carbons (Fsp3) is 0.400. The summed E-state index contributed by atoms with van der Waals surface area (Å²) < 4.78 is 10.4. The predicted octanol–water partition coefficient (Wildman–Crippen LogP) is 1.74. The van der Waals surface area contributed by atoms with Gasteiger partial charge in [-0.05, 0) is 19.9 Å². The summed E-state index contributed by atoms with van der Waals surface area (Å²) in [6.45, 7) is 4.67. The van der Waals surface area contributed by atoms with Crippen molar-refractivity contribution in [1.82, 2.24) is 5.32 Å². The molecule has 0 radical (unpaired) electrons. The molecule has 0 aromatic heterocycles. The van der Waals surface area contributed by atoms with E-state index in [9.17, 15) is 4.79 Å². The van der Waals surface area contributed by atoms with E-state index in [0.717, 1.165) is 11.3 Å². The van der Waals surface area contributed by atoms with Crippen LogP contribution in [0.3, 0.4) is 0 Å². The molecule has 1 unspecified atom stereocenters. The Morgan fingerprint density at radius 2 is 2.21 bits per heavy atom. The number of carbonyl (C=O) groups excluding carboxylic acids is 1. The molecule has 102 valence electrons. The molecule has 4 heteroatoms. The largest absolute Gasteiger partial charge is 0.481 e. The summed E-state index contributed by atoms with van der Waals surface area (Å²) in [5.74, 6) is 2.89. The van der Waals surface area contributed by atoms with Crippen molar-refractivity contribution in [3.8, 4) is 18.1 Å². The van der Waals surface area contributed by atoms with Crippen LogP contribution in [0.1, 0.15) is 19.4 Å². The molecule has 0 amide bonds. The van der Waals surface area contributed by atoms with Crippen LogP contribution in [-0.2, 0) is 16.1 Å². The zero-order valence-corrected chi connectivity index (χ0v) is 11.3. The van der Waals surface area contributed by atoms with E-state index in [4.69, 9.17) is 15.9 Å². The van der Waals surface area contributed by atoms with Crippen LogP contribution in [0.15, 0.2) is 24.3 Å². The number of hydrogen-bond donors (Lipinski definition) is 1. The third-order valence-electron chi connectivity index (χ3n) is 2.52. The molecule has 1 N–H and O–H groups in total. The van der Waals surface area contributed by atoms with Crippen LogP contribution in [0.5, 0.6) is 5.75 Å². The first-order chi connectivity index (χ1) is 9.19. The first-order valence-electron chi connectivity index (χ1n) is 6.23. The van der Waals surface area contributed by atoms with Gasteiger partial charge in [0.05, 0.1) is 6.61 Å². The zero-order valence-electron chi connectivity index (χ0n) is 11.3. The summed E-state index contributed by atoms with van der Waals surface area (Å²) in [6.07, 6.45) is 5.17. The number of benzene rings is 1. The van der Waals surface area contributed by atoms with E-state index in [1.807, 2.05) is 24.3 Å². The van der Waals surface area contributed by atoms with E-state index in [1.165, 1.54) is 0 Å². The van der Waals surface area contributed by atoms with Crippen molar-refractivity contribution < 1.29 is 14.3 Å². The molecule has 0 fully saturated rings. The van der Waals surface area contributed by atoms with Gasteiger partial charge in [0.2, 0.25) is 0 Å². The summed E-state index contributed by atoms with van der Waals surface area (Å²) >= 11 is 0. The number of ether oxygens (including phenoxy) is 2. The molecule has 1 atom stereocenters. The van der Waals surface area contributed by atoms with E-state index in [2.05, 4.69) is 11.2 Å². The van der Waals surface area contributed by atoms with Crippen molar-refractivity contribution in [2.45, 2.75) is 26.4 Å². The van der Waals surface area contributed by atoms with Crippen molar-refractivity contribution in [3.63, 3.8) is 0 Å². The van der Waals surface area contributed by atoms with Crippen LogP contribution in [0.2, 0.25) is 0 Å². The molecule has 1 aromatic carbocycles. The number of rotatable bonds is 7. The summed E-state index contributed by atoms with van der Waals surface area (Å²) in [6, 6.07) is 7.21. The lowest BCUT2D eigenvalue weighted by molar-refractivity contribution is -0.145. The maximum Gasteiger partial charge on any atom is 0.322 e. The van der Waals surface area contributed by atoms with Crippen LogP contribution in [0.25, 0.3) is 0 Å². The number of para-hydroxylation sites is 1. The van der Waals surface area contributed by atoms with E-state index < -0.39 is 0 Å². The summed E-state index contributed by atoms with van der Waals surface area (Å²) in [7, 11) is 0. The lowest BCUT2D eigenvalue weighted by atomic mass is 10.2. The van der Waals surface area contributed by atoms with Gasteiger partial charge in [-0.15, -0.1) is 6.42 Å². The smallest absolute Gasteiger partial charge is 0.322 e. The van der Waals surface area contributed by atoms with E-state index >= 15 is 0 Å². The lowest BCUT2D eigenvalue weighted by Gasteiger charge is -2.14. The van der Waals surface area contributed by atoms with E-state index in [1.54, 1.807) is 13.8 Å². The number of nitrogens with one attached hydrogen (secondary N) is 1. The van der Waals surface area contributed by atoms with Crippen LogP contribution < -0.4 is 10.1 Å². The Kier molecular flexibility index (Phi) is 6.48. The Labute approximate surface area is 114 Å². The van der Waals surface area contributed by atoms with Gasteiger partial charge in [-0.2, -0.15) is 0 Å². The van der Waals surface area contributed by atoms with Crippen LogP contribution in [0, 0.1) is 12.3 Å². The zero-order chi connectivity index (χ0) is 14.1. The average Bonchev–Trinajstić information content (AvgIpc) is 2.43. The molecule has 0 saturated carbocycles. The van der Waals surface area contributed by atoms with Gasteiger partial charge in [0.25, 0.3) is 0 Å². The molecule has 0 aliphatic carbocycles. The number of terminal acetylenes is 1. The van der Waals surface area contributed by atoms with Crippen LogP contribution >= 0.6 is 0 Å². The molecule has 19 heavy (non-hydrogen) atoms. The Morgan fingerprint density at radius 1 is 1.47 bits per heavy atom. The standard InChI is InChI=1S/C15H19NO3/c1-4-10-19-14-9-7-6-8-13(14)11-16-12(3)15(17)18-5-2/h1,6-9,12,16H,5,10-11H2,2-3H3. The molecular formula is C15H19NO3. The SMILES string of the molecule is C#CCOc1ccccc1CNC(C)C(=O)OCC. The molecule has 0 spiro atoms. The van der Waals surface area contributed by atoms with Gasteiger partial charge < -0.3 is 14.8 Å². The number of esters is 1. The molecular weight excluding hydrogens is 242 g/mol. The van der Waals surface area contributed by atoms with Crippen LogP contribution in [-0.4, -0.2) is 25.2 Å². The van der Waals surface area contributed by atoms with Crippen molar-refractivity contribution >= 4 is 5.97 Å². The predicted molar refractivity (Wildman–Crippen MR) is 73.7 cm³/mol. The second-order valence-corrected chi connectivity index (χ2v) is 3.96. The Balaban J connectivity index is 2.57. The van der Waals surface area contributed by atoms with Crippen molar-refractivity contribution in [2.75, 3.05) is 13.2 Å². The summed E-state index contributed by atoms with van der Waals surface area (Å²) in [4.78, 5) is 11.5. The van der Waals surface area contributed by atoms with E-state index in [-0.39, 0.29) is 18.6 Å². The van der Waals surface area contributed by atoms with Crippen molar-refractivity contribution in [2.24, 2.45) is 0 Å². The van der Waals surface area contributed by atoms with Gasteiger partial charge in [-0.1, -0.05) is 24.1 Å². The fourth-order valence-corrected chi connectivity index (χ4v) is 1.52. The molecule has 4 nitrogen and oxygen atoms in total.